The Kier molecular flexibility index (Phi) is 3.20. The largest absolute Gasteiger partial charge is 0.354 e. The van der Waals surface area contributed by atoms with Gasteiger partial charge < -0.3 is 10.2 Å². The molecule has 1 fully saturated rings. The smallest absolute Gasteiger partial charge is 0.135 e. The second kappa shape index (κ2) is 4.84. The van der Waals surface area contributed by atoms with Crippen molar-refractivity contribution in [3.8, 4) is 0 Å². The second-order valence-electron chi connectivity index (χ2n) is 5.58. The summed E-state index contributed by atoms with van der Waals surface area (Å²) in [6, 6.07) is 0. The number of fused-ring (bicyclic) bond motifs is 1. The van der Waals surface area contributed by atoms with Crippen molar-refractivity contribution in [1.29, 1.82) is 0 Å². The Balaban J connectivity index is 2.00. The topological polar surface area (TPSA) is 41.1 Å². The lowest BCUT2D eigenvalue weighted by atomic mass is 10.1. The van der Waals surface area contributed by atoms with E-state index in [4.69, 9.17) is 9.97 Å². The first-order valence-electron chi connectivity index (χ1n) is 7.11. The molecule has 0 atom stereocenters. The molecular formula is C14H22N4. The fourth-order valence-electron chi connectivity index (χ4n) is 2.83. The summed E-state index contributed by atoms with van der Waals surface area (Å²) >= 11 is 0. The molecule has 0 unspecified atom stereocenters. The number of aryl methyl sites for hydroxylation is 1. The molecule has 1 aromatic heterocycles. The van der Waals surface area contributed by atoms with E-state index in [0.717, 1.165) is 44.8 Å². The Bertz CT molecular complexity index is 436. The van der Waals surface area contributed by atoms with Crippen LogP contribution in [0.15, 0.2) is 0 Å². The van der Waals surface area contributed by atoms with Gasteiger partial charge in [-0.15, -0.1) is 0 Å². The van der Waals surface area contributed by atoms with E-state index in [9.17, 15) is 0 Å². The van der Waals surface area contributed by atoms with E-state index in [1.807, 2.05) is 0 Å². The first kappa shape index (κ1) is 11.9. The van der Waals surface area contributed by atoms with Crippen LogP contribution in [-0.2, 0) is 12.8 Å². The third-order valence-electron chi connectivity index (χ3n) is 3.86. The number of hydrogen-bond donors (Lipinski definition) is 1. The van der Waals surface area contributed by atoms with Crippen molar-refractivity contribution in [2.24, 2.45) is 0 Å². The van der Waals surface area contributed by atoms with Crippen molar-refractivity contribution >= 4 is 5.82 Å². The lowest BCUT2D eigenvalue weighted by molar-refractivity contribution is 0.580. The minimum atomic E-state index is 0.414. The van der Waals surface area contributed by atoms with Crippen molar-refractivity contribution < 1.29 is 0 Å². The van der Waals surface area contributed by atoms with E-state index >= 15 is 0 Å². The quantitative estimate of drug-likeness (QED) is 0.858. The van der Waals surface area contributed by atoms with Gasteiger partial charge in [0.1, 0.15) is 11.6 Å². The number of hydrogen-bond acceptors (Lipinski definition) is 4. The molecule has 1 saturated heterocycles. The predicted octanol–water partition coefficient (Wildman–Crippen LogP) is 1.50. The van der Waals surface area contributed by atoms with Crippen LogP contribution in [0.4, 0.5) is 5.82 Å². The van der Waals surface area contributed by atoms with Crippen LogP contribution in [0.25, 0.3) is 0 Å². The Morgan fingerprint density at radius 2 is 1.89 bits per heavy atom. The average molecular weight is 246 g/mol. The average Bonchev–Trinajstić information content (AvgIpc) is 2.86. The zero-order valence-corrected chi connectivity index (χ0v) is 11.4. The number of anilines is 1. The SMILES string of the molecule is CC(C)c1nc2c(c(N3CCNCC3)n1)CCC2. The molecule has 1 N–H and O–H groups in total. The van der Waals surface area contributed by atoms with Gasteiger partial charge in [-0.05, 0) is 19.3 Å². The second-order valence-corrected chi connectivity index (χ2v) is 5.58. The molecule has 2 aliphatic rings. The maximum atomic E-state index is 4.85. The van der Waals surface area contributed by atoms with Crippen LogP contribution in [0, 0.1) is 0 Å². The molecule has 3 rings (SSSR count). The van der Waals surface area contributed by atoms with Gasteiger partial charge in [0, 0.05) is 43.4 Å². The fourth-order valence-corrected chi connectivity index (χ4v) is 2.83. The van der Waals surface area contributed by atoms with Gasteiger partial charge in [0.25, 0.3) is 0 Å². The summed E-state index contributed by atoms with van der Waals surface area (Å²) in [5.74, 6) is 2.66. The van der Waals surface area contributed by atoms with Crippen molar-refractivity contribution in [1.82, 2.24) is 15.3 Å². The molecule has 0 aromatic carbocycles. The van der Waals surface area contributed by atoms with Crippen LogP contribution >= 0.6 is 0 Å². The highest BCUT2D eigenvalue weighted by Crippen LogP contribution is 2.30. The molecule has 98 valence electrons. The van der Waals surface area contributed by atoms with Crippen LogP contribution in [0.3, 0.4) is 0 Å². The zero-order valence-electron chi connectivity index (χ0n) is 11.4. The van der Waals surface area contributed by atoms with Crippen LogP contribution < -0.4 is 10.2 Å². The Morgan fingerprint density at radius 1 is 1.11 bits per heavy atom. The summed E-state index contributed by atoms with van der Waals surface area (Å²) in [6.45, 7) is 8.63. The zero-order chi connectivity index (χ0) is 12.5. The molecule has 0 amide bonds. The van der Waals surface area contributed by atoms with Gasteiger partial charge in [0.05, 0.1) is 0 Å². The van der Waals surface area contributed by atoms with Gasteiger partial charge >= 0.3 is 0 Å². The first-order valence-corrected chi connectivity index (χ1v) is 7.11. The maximum absolute atomic E-state index is 4.85. The number of rotatable bonds is 2. The summed E-state index contributed by atoms with van der Waals surface area (Å²) in [5, 5.41) is 3.40. The van der Waals surface area contributed by atoms with Crippen molar-refractivity contribution in [2.75, 3.05) is 31.1 Å². The highest BCUT2D eigenvalue weighted by molar-refractivity contribution is 5.51. The third-order valence-corrected chi connectivity index (χ3v) is 3.86. The van der Waals surface area contributed by atoms with E-state index in [0.29, 0.717) is 5.92 Å². The molecule has 2 heterocycles. The molecule has 4 heteroatoms. The van der Waals surface area contributed by atoms with Gasteiger partial charge in [-0.3, -0.25) is 0 Å². The van der Waals surface area contributed by atoms with E-state index in [2.05, 4.69) is 24.1 Å². The summed E-state index contributed by atoms with van der Waals surface area (Å²) in [5.41, 5.74) is 2.73. The van der Waals surface area contributed by atoms with Crippen molar-refractivity contribution in [2.45, 2.75) is 39.0 Å². The molecule has 0 radical (unpaired) electrons. The molecule has 0 spiro atoms. The Labute approximate surface area is 109 Å². The van der Waals surface area contributed by atoms with E-state index < -0.39 is 0 Å². The highest BCUT2D eigenvalue weighted by Gasteiger charge is 2.24. The maximum Gasteiger partial charge on any atom is 0.135 e. The molecule has 0 bridgehead atoms. The minimum absolute atomic E-state index is 0.414. The summed E-state index contributed by atoms with van der Waals surface area (Å²) in [6.07, 6.45) is 3.54. The predicted molar refractivity (Wildman–Crippen MR) is 73.2 cm³/mol. The van der Waals surface area contributed by atoms with Gasteiger partial charge in [0.2, 0.25) is 0 Å². The lowest BCUT2D eigenvalue weighted by Gasteiger charge is -2.30. The van der Waals surface area contributed by atoms with Crippen LogP contribution in [0.5, 0.6) is 0 Å². The molecular weight excluding hydrogens is 224 g/mol. The standard InChI is InChI=1S/C14H22N4/c1-10(2)13-16-12-5-3-4-11(12)14(17-13)18-8-6-15-7-9-18/h10,15H,3-9H2,1-2H3. The molecule has 1 aromatic rings. The van der Waals surface area contributed by atoms with E-state index in [1.165, 1.54) is 23.5 Å². The molecule has 1 aliphatic carbocycles. The van der Waals surface area contributed by atoms with Crippen LogP contribution in [-0.4, -0.2) is 36.1 Å². The number of nitrogens with one attached hydrogen (secondary N) is 1. The Morgan fingerprint density at radius 3 is 2.61 bits per heavy atom. The van der Waals surface area contributed by atoms with Gasteiger partial charge in [-0.25, -0.2) is 9.97 Å². The normalized spacial score (nSPS) is 19.4. The van der Waals surface area contributed by atoms with Gasteiger partial charge in [-0.2, -0.15) is 0 Å². The summed E-state index contributed by atoms with van der Waals surface area (Å²) in [7, 11) is 0. The number of aromatic nitrogens is 2. The third kappa shape index (κ3) is 2.09. The van der Waals surface area contributed by atoms with Crippen molar-refractivity contribution in [3.05, 3.63) is 17.1 Å². The van der Waals surface area contributed by atoms with Crippen LogP contribution in [0.1, 0.15) is 43.3 Å². The van der Waals surface area contributed by atoms with Crippen molar-refractivity contribution in [3.63, 3.8) is 0 Å². The number of piperazine rings is 1. The first-order chi connectivity index (χ1) is 8.75. The van der Waals surface area contributed by atoms with Gasteiger partial charge in [-0.1, -0.05) is 13.8 Å². The molecule has 0 saturated carbocycles. The molecule has 4 nitrogen and oxygen atoms in total. The Hall–Kier alpha value is -1.16. The fraction of sp³-hybridized carbons (Fsp3) is 0.714. The summed E-state index contributed by atoms with van der Waals surface area (Å²) < 4.78 is 0. The monoisotopic (exact) mass is 246 g/mol. The van der Waals surface area contributed by atoms with Crippen LogP contribution in [0.2, 0.25) is 0 Å². The summed E-state index contributed by atoms with van der Waals surface area (Å²) in [4.78, 5) is 12.0. The number of nitrogens with zero attached hydrogens (tertiary/aromatic N) is 3. The molecule has 18 heavy (non-hydrogen) atoms. The minimum Gasteiger partial charge on any atom is -0.354 e. The van der Waals surface area contributed by atoms with E-state index in [-0.39, 0.29) is 0 Å². The van der Waals surface area contributed by atoms with E-state index in [1.54, 1.807) is 0 Å². The highest BCUT2D eigenvalue weighted by atomic mass is 15.2. The lowest BCUT2D eigenvalue weighted by Crippen LogP contribution is -2.44. The van der Waals surface area contributed by atoms with Gasteiger partial charge in [0.15, 0.2) is 0 Å². The molecule has 1 aliphatic heterocycles.